The van der Waals surface area contributed by atoms with Crippen LogP contribution in [-0.4, -0.2) is 55.0 Å². The molecule has 1 aromatic carbocycles. The molecular formula is C14H20FN3O. The lowest BCUT2D eigenvalue weighted by Crippen LogP contribution is -2.49. The van der Waals surface area contributed by atoms with Gasteiger partial charge in [0.1, 0.15) is 5.82 Å². The highest BCUT2D eigenvalue weighted by molar-refractivity contribution is 5.94. The molecule has 0 spiro atoms. The lowest BCUT2D eigenvalue weighted by Gasteiger charge is -2.34. The molecule has 104 valence electrons. The van der Waals surface area contributed by atoms with E-state index in [2.05, 4.69) is 4.90 Å². The maximum Gasteiger partial charge on any atom is 0.253 e. The average Bonchev–Trinajstić information content (AvgIpc) is 2.42. The second-order valence-electron chi connectivity index (χ2n) is 4.89. The fourth-order valence-electron chi connectivity index (χ4n) is 2.32. The minimum Gasteiger partial charge on any atom is -0.336 e. The zero-order valence-electron chi connectivity index (χ0n) is 11.2. The molecule has 4 nitrogen and oxygen atoms in total. The van der Waals surface area contributed by atoms with Gasteiger partial charge in [-0.1, -0.05) is 0 Å². The van der Waals surface area contributed by atoms with Crippen molar-refractivity contribution in [3.05, 3.63) is 35.1 Å². The normalized spacial score (nSPS) is 16.7. The molecule has 19 heavy (non-hydrogen) atoms. The molecule has 0 saturated carbocycles. The maximum absolute atomic E-state index is 13.2. The largest absolute Gasteiger partial charge is 0.336 e. The number of carbonyl (C=O) groups is 1. The van der Waals surface area contributed by atoms with E-state index < -0.39 is 0 Å². The molecule has 1 fully saturated rings. The summed E-state index contributed by atoms with van der Waals surface area (Å²) in [6.07, 6.45) is 0. The molecule has 0 atom stereocenters. The fourth-order valence-corrected chi connectivity index (χ4v) is 2.32. The molecule has 1 amide bonds. The Morgan fingerprint density at radius 3 is 2.58 bits per heavy atom. The number of hydrogen-bond donors (Lipinski definition) is 1. The van der Waals surface area contributed by atoms with Gasteiger partial charge in [0, 0.05) is 44.8 Å². The van der Waals surface area contributed by atoms with Crippen molar-refractivity contribution in [2.45, 2.75) is 6.92 Å². The molecule has 1 heterocycles. The summed E-state index contributed by atoms with van der Waals surface area (Å²) in [5.41, 5.74) is 6.59. The number of hydrogen-bond acceptors (Lipinski definition) is 3. The topological polar surface area (TPSA) is 49.6 Å². The summed E-state index contributed by atoms with van der Waals surface area (Å²) in [4.78, 5) is 16.4. The van der Waals surface area contributed by atoms with Gasteiger partial charge in [-0.2, -0.15) is 0 Å². The monoisotopic (exact) mass is 265 g/mol. The Morgan fingerprint density at radius 2 is 2.00 bits per heavy atom. The van der Waals surface area contributed by atoms with Crippen LogP contribution in [-0.2, 0) is 0 Å². The van der Waals surface area contributed by atoms with Crippen molar-refractivity contribution in [2.75, 3.05) is 39.3 Å². The van der Waals surface area contributed by atoms with E-state index in [4.69, 9.17) is 5.73 Å². The van der Waals surface area contributed by atoms with Gasteiger partial charge in [0.15, 0.2) is 0 Å². The van der Waals surface area contributed by atoms with E-state index in [1.165, 1.54) is 6.07 Å². The van der Waals surface area contributed by atoms with Crippen LogP contribution in [0.25, 0.3) is 0 Å². The quantitative estimate of drug-likeness (QED) is 0.881. The van der Waals surface area contributed by atoms with E-state index in [0.717, 1.165) is 19.6 Å². The van der Waals surface area contributed by atoms with Gasteiger partial charge in [0.2, 0.25) is 0 Å². The molecule has 1 saturated heterocycles. The van der Waals surface area contributed by atoms with E-state index in [9.17, 15) is 9.18 Å². The molecule has 0 aromatic heterocycles. The van der Waals surface area contributed by atoms with Crippen LogP contribution in [0.3, 0.4) is 0 Å². The number of aryl methyl sites for hydroxylation is 1. The first kappa shape index (κ1) is 14.0. The molecule has 2 N–H and O–H groups in total. The highest BCUT2D eigenvalue weighted by Gasteiger charge is 2.21. The Bertz CT molecular complexity index is 456. The number of halogens is 1. The van der Waals surface area contributed by atoms with Gasteiger partial charge in [-0.15, -0.1) is 0 Å². The van der Waals surface area contributed by atoms with Crippen LogP contribution in [0.1, 0.15) is 15.9 Å². The predicted molar refractivity (Wildman–Crippen MR) is 72.5 cm³/mol. The number of piperazine rings is 1. The molecule has 0 radical (unpaired) electrons. The van der Waals surface area contributed by atoms with Gasteiger partial charge in [0.25, 0.3) is 5.91 Å². The van der Waals surface area contributed by atoms with Crippen molar-refractivity contribution in [2.24, 2.45) is 5.73 Å². The standard InChI is InChI=1S/C14H20FN3O/c1-11-10-12(2-3-13(11)15)14(19)18-8-6-17(5-4-16)7-9-18/h2-3,10H,4-9,16H2,1H3. The Kier molecular flexibility index (Phi) is 4.50. The third-order valence-corrected chi connectivity index (χ3v) is 3.51. The fraction of sp³-hybridized carbons (Fsp3) is 0.500. The summed E-state index contributed by atoms with van der Waals surface area (Å²) in [5.74, 6) is -0.292. The first-order chi connectivity index (χ1) is 9.11. The number of nitrogens with zero attached hydrogens (tertiary/aromatic N) is 2. The molecule has 0 aliphatic carbocycles. The van der Waals surface area contributed by atoms with E-state index in [-0.39, 0.29) is 11.7 Å². The number of rotatable bonds is 3. The maximum atomic E-state index is 13.2. The minimum atomic E-state index is -0.274. The predicted octanol–water partition coefficient (Wildman–Crippen LogP) is 0.851. The van der Waals surface area contributed by atoms with Gasteiger partial charge < -0.3 is 10.6 Å². The van der Waals surface area contributed by atoms with Gasteiger partial charge >= 0.3 is 0 Å². The van der Waals surface area contributed by atoms with Gasteiger partial charge in [-0.05, 0) is 30.7 Å². The van der Waals surface area contributed by atoms with Crippen molar-refractivity contribution in [1.82, 2.24) is 9.80 Å². The van der Waals surface area contributed by atoms with Gasteiger partial charge in [-0.3, -0.25) is 9.69 Å². The molecule has 1 aliphatic heterocycles. The summed E-state index contributed by atoms with van der Waals surface area (Å²) < 4.78 is 13.2. The Hall–Kier alpha value is -1.46. The highest BCUT2D eigenvalue weighted by atomic mass is 19.1. The lowest BCUT2D eigenvalue weighted by atomic mass is 10.1. The van der Waals surface area contributed by atoms with Crippen molar-refractivity contribution < 1.29 is 9.18 Å². The first-order valence-electron chi connectivity index (χ1n) is 6.59. The Balaban J connectivity index is 1.99. The molecule has 0 bridgehead atoms. The van der Waals surface area contributed by atoms with Crippen LogP contribution in [0, 0.1) is 12.7 Å². The number of nitrogens with two attached hydrogens (primary N) is 1. The van der Waals surface area contributed by atoms with E-state index in [1.54, 1.807) is 19.1 Å². The van der Waals surface area contributed by atoms with E-state index >= 15 is 0 Å². The number of benzene rings is 1. The average molecular weight is 265 g/mol. The Labute approximate surface area is 113 Å². The molecule has 5 heteroatoms. The first-order valence-corrected chi connectivity index (χ1v) is 6.59. The van der Waals surface area contributed by atoms with Crippen LogP contribution >= 0.6 is 0 Å². The summed E-state index contributed by atoms with van der Waals surface area (Å²) in [5, 5.41) is 0. The van der Waals surface area contributed by atoms with E-state index in [1.807, 2.05) is 4.90 Å². The van der Waals surface area contributed by atoms with Crippen molar-refractivity contribution in [1.29, 1.82) is 0 Å². The minimum absolute atomic E-state index is 0.0181. The van der Waals surface area contributed by atoms with Gasteiger partial charge in [0.05, 0.1) is 0 Å². The SMILES string of the molecule is Cc1cc(C(=O)N2CCN(CCN)CC2)ccc1F. The highest BCUT2D eigenvalue weighted by Crippen LogP contribution is 2.13. The van der Waals surface area contributed by atoms with Crippen LogP contribution in [0.15, 0.2) is 18.2 Å². The number of amides is 1. The van der Waals surface area contributed by atoms with Crippen molar-refractivity contribution in [3.63, 3.8) is 0 Å². The molecular weight excluding hydrogens is 245 g/mol. The Morgan fingerprint density at radius 1 is 1.32 bits per heavy atom. The summed E-state index contributed by atoms with van der Waals surface area (Å²) in [6.45, 7) is 6.30. The third-order valence-electron chi connectivity index (χ3n) is 3.51. The third kappa shape index (κ3) is 3.30. The molecule has 1 aliphatic rings. The van der Waals surface area contributed by atoms with Crippen LogP contribution < -0.4 is 5.73 Å². The molecule has 2 rings (SSSR count). The zero-order valence-corrected chi connectivity index (χ0v) is 11.2. The van der Waals surface area contributed by atoms with Crippen molar-refractivity contribution in [3.8, 4) is 0 Å². The summed E-state index contributed by atoms with van der Waals surface area (Å²) in [7, 11) is 0. The van der Waals surface area contributed by atoms with Crippen LogP contribution in [0.5, 0.6) is 0 Å². The van der Waals surface area contributed by atoms with Crippen LogP contribution in [0.4, 0.5) is 4.39 Å². The van der Waals surface area contributed by atoms with Crippen LogP contribution in [0.2, 0.25) is 0 Å². The second kappa shape index (κ2) is 6.12. The molecule has 0 unspecified atom stereocenters. The van der Waals surface area contributed by atoms with Gasteiger partial charge in [-0.25, -0.2) is 4.39 Å². The van der Waals surface area contributed by atoms with E-state index in [0.29, 0.717) is 30.8 Å². The lowest BCUT2D eigenvalue weighted by molar-refractivity contribution is 0.0641. The van der Waals surface area contributed by atoms with Crippen molar-refractivity contribution >= 4 is 5.91 Å². The summed E-state index contributed by atoms with van der Waals surface area (Å²) in [6, 6.07) is 4.52. The molecule has 1 aromatic rings. The second-order valence-corrected chi connectivity index (χ2v) is 4.89. The smallest absolute Gasteiger partial charge is 0.253 e. The zero-order chi connectivity index (χ0) is 13.8. The summed E-state index contributed by atoms with van der Waals surface area (Å²) >= 11 is 0. The number of carbonyl (C=O) groups excluding carboxylic acids is 1.